The molecule has 0 spiro atoms. The summed E-state index contributed by atoms with van der Waals surface area (Å²) in [5.74, 6) is 0.179. The topological polar surface area (TPSA) is 69.4 Å². The SMILES string of the molecule is CCOC(=O)c1cccc(CSc2ccccc2[N+](=O)[O-])c1. The van der Waals surface area contributed by atoms with Gasteiger partial charge in [-0.1, -0.05) is 24.3 Å². The molecule has 0 N–H and O–H groups in total. The molecule has 0 radical (unpaired) electrons. The maximum absolute atomic E-state index is 11.7. The first kappa shape index (κ1) is 16.0. The van der Waals surface area contributed by atoms with Crippen LogP contribution in [0.15, 0.2) is 53.4 Å². The molecule has 2 aromatic carbocycles. The van der Waals surface area contributed by atoms with Crippen LogP contribution >= 0.6 is 11.8 Å². The van der Waals surface area contributed by atoms with Gasteiger partial charge in [-0.05, 0) is 30.7 Å². The summed E-state index contributed by atoms with van der Waals surface area (Å²) in [4.78, 5) is 22.9. The van der Waals surface area contributed by atoms with E-state index in [4.69, 9.17) is 4.74 Å². The number of para-hydroxylation sites is 1. The molecule has 6 heteroatoms. The Balaban J connectivity index is 2.11. The molecule has 0 atom stereocenters. The molecule has 0 aromatic heterocycles. The van der Waals surface area contributed by atoms with Gasteiger partial charge in [0.15, 0.2) is 0 Å². The van der Waals surface area contributed by atoms with Crippen molar-refractivity contribution in [3.05, 3.63) is 69.8 Å². The van der Waals surface area contributed by atoms with Gasteiger partial charge < -0.3 is 4.74 Å². The van der Waals surface area contributed by atoms with Gasteiger partial charge in [0.1, 0.15) is 0 Å². The minimum atomic E-state index is -0.391. The van der Waals surface area contributed by atoms with E-state index in [0.29, 0.717) is 22.8 Å². The lowest BCUT2D eigenvalue weighted by Crippen LogP contribution is -2.04. The van der Waals surface area contributed by atoms with Gasteiger partial charge in [-0.2, -0.15) is 0 Å². The molecule has 0 saturated heterocycles. The number of ether oxygens (including phenoxy) is 1. The number of nitrogens with zero attached hydrogens (tertiary/aromatic N) is 1. The van der Waals surface area contributed by atoms with Crippen molar-refractivity contribution in [1.82, 2.24) is 0 Å². The summed E-state index contributed by atoms with van der Waals surface area (Å²) in [5.41, 5.74) is 1.49. The average Bonchev–Trinajstić information content (AvgIpc) is 2.53. The molecule has 22 heavy (non-hydrogen) atoms. The number of thioether (sulfide) groups is 1. The molecule has 2 rings (SSSR count). The molecule has 5 nitrogen and oxygen atoms in total. The van der Waals surface area contributed by atoms with Crippen LogP contribution < -0.4 is 0 Å². The normalized spacial score (nSPS) is 10.2. The second-order valence-corrected chi connectivity index (χ2v) is 5.45. The number of hydrogen-bond acceptors (Lipinski definition) is 5. The van der Waals surface area contributed by atoms with E-state index in [-0.39, 0.29) is 11.7 Å². The van der Waals surface area contributed by atoms with Crippen LogP contribution in [0.1, 0.15) is 22.8 Å². The Kier molecular flexibility index (Phi) is 5.55. The Hall–Kier alpha value is -2.34. The second kappa shape index (κ2) is 7.61. The van der Waals surface area contributed by atoms with E-state index in [2.05, 4.69) is 0 Å². The summed E-state index contributed by atoms with van der Waals surface area (Å²) in [7, 11) is 0. The second-order valence-electron chi connectivity index (χ2n) is 4.43. The molecule has 0 bridgehead atoms. The van der Waals surface area contributed by atoms with Crippen molar-refractivity contribution in [1.29, 1.82) is 0 Å². The minimum Gasteiger partial charge on any atom is -0.462 e. The highest BCUT2D eigenvalue weighted by molar-refractivity contribution is 7.98. The van der Waals surface area contributed by atoms with Gasteiger partial charge in [-0.3, -0.25) is 10.1 Å². The van der Waals surface area contributed by atoms with Crippen molar-refractivity contribution in [2.24, 2.45) is 0 Å². The van der Waals surface area contributed by atoms with E-state index >= 15 is 0 Å². The molecule has 0 unspecified atom stereocenters. The number of nitro groups is 1. The third-order valence-electron chi connectivity index (χ3n) is 2.89. The van der Waals surface area contributed by atoms with E-state index in [9.17, 15) is 14.9 Å². The van der Waals surface area contributed by atoms with Crippen LogP contribution in [0.2, 0.25) is 0 Å². The van der Waals surface area contributed by atoms with Crippen molar-refractivity contribution in [2.75, 3.05) is 6.61 Å². The fourth-order valence-corrected chi connectivity index (χ4v) is 2.86. The fraction of sp³-hybridized carbons (Fsp3) is 0.188. The Labute approximate surface area is 132 Å². The van der Waals surface area contributed by atoms with Crippen LogP contribution in [0, 0.1) is 10.1 Å². The number of hydrogen-bond donors (Lipinski definition) is 0. The van der Waals surface area contributed by atoms with Crippen LogP contribution in [0.4, 0.5) is 5.69 Å². The first-order valence-electron chi connectivity index (χ1n) is 6.74. The fourth-order valence-electron chi connectivity index (χ4n) is 1.89. The van der Waals surface area contributed by atoms with Crippen LogP contribution in [0.5, 0.6) is 0 Å². The zero-order chi connectivity index (χ0) is 15.9. The zero-order valence-electron chi connectivity index (χ0n) is 12.0. The first-order valence-corrected chi connectivity index (χ1v) is 7.72. The maximum atomic E-state index is 11.7. The lowest BCUT2D eigenvalue weighted by atomic mass is 10.1. The standard InChI is InChI=1S/C16H15NO4S/c1-2-21-16(18)13-7-5-6-12(10-13)11-22-15-9-4-3-8-14(15)17(19)20/h3-10H,2,11H2,1H3. The molecule has 0 aliphatic carbocycles. The zero-order valence-corrected chi connectivity index (χ0v) is 12.8. The van der Waals surface area contributed by atoms with E-state index < -0.39 is 4.92 Å². The maximum Gasteiger partial charge on any atom is 0.338 e. The average molecular weight is 317 g/mol. The number of carbonyl (C=O) groups is 1. The van der Waals surface area contributed by atoms with Crippen molar-refractivity contribution in [3.63, 3.8) is 0 Å². The van der Waals surface area contributed by atoms with Gasteiger partial charge in [0, 0.05) is 11.8 Å². The van der Waals surface area contributed by atoms with E-state index in [1.54, 1.807) is 43.3 Å². The molecule has 0 aliphatic rings. The third-order valence-corrected chi connectivity index (χ3v) is 4.03. The van der Waals surface area contributed by atoms with Crippen molar-refractivity contribution in [2.45, 2.75) is 17.6 Å². The summed E-state index contributed by atoms with van der Waals surface area (Å²) < 4.78 is 4.96. The lowest BCUT2D eigenvalue weighted by Gasteiger charge is -2.06. The molecular formula is C16H15NO4S. The number of benzene rings is 2. The van der Waals surface area contributed by atoms with Gasteiger partial charge in [0.05, 0.1) is 22.0 Å². The highest BCUT2D eigenvalue weighted by Gasteiger charge is 2.13. The number of rotatable bonds is 6. The Morgan fingerprint density at radius 3 is 2.73 bits per heavy atom. The van der Waals surface area contributed by atoms with Gasteiger partial charge in [0.25, 0.3) is 5.69 Å². The van der Waals surface area contributed by atoms with Crippen LogP contribution in [0.3, 0.4) is 0 Å². The third kappa shape index (κ3) is 4.08. The van der Waals surface area contributed by atoms with Gasteiger partial charge in [0.2, 0.25) is 0 Å². The molecule has 0 saturated carbocycles. The van der Waals surface area contributed by atoms with Gasteiger partial charge >= 0.3 is 5.97 Å². The summed E-state index contributed by atoms with van der Waals surface area (Å²) in [5, 5.41) is 11.0. The summed E-state index contributed by atoms with van der Waals surface area (Å²) >= 11 is 1.37. The molecule has 0 aliphatic heterocycles. The number of esters is 1. The Morgan fingerprint density at radius 2 is 2.00 bits per heavy atom. The van der Waals surface area contributed by atoms with E-state index in [1.807, 2.05) is 6.07 Å². The van der Waals surface area contributed by atoms with Gasteiger partial charge in [-0.25, -0.2) is 4.79 Å². The molecule has 2 aromatic rings. The first-order chi connectivity index (χ1) is 10.6. The molecule has 0 fully saturated rings. The van der Waals surface area contributed by atoms with Crippen molar-refractivity contribution < 1.29 is 14.5 Å². The lowest BCUT2D eigenvalue weighted by molar-refractivity contribution is -0.387. The molecule has 0 heterocycles. The summed E-state index contributed by atoms with van der Waals surface area (Å²) in [6, 6.07) is 13.7. The van der Waals surface area contributed by atoms with Gasteiger partial charge in [-0.15, -0.1) is 11.8 Å². The molecule has 114 valence electrons. The van der Waals surface area contributed by atoms with E-state index in [0.717, 1.165) is 5.56 Å². The van der Waals surface area contributed by atoms with Crippen LogP contribution in [0.25, 0.3) is 0 Å². The highest BCUT2D eigenvalue weighted by atomic mass is 32.2. The smallest absolute Gasteiger partial charge is 0.338 e. The Bertz CT molecular complexity index is 687. The summed E-state index contributed by atoms with van der Waals surface area (Å²) in [6.45, 7) is 2.08. The monoisotopic (exact) mass is 317 g/mol. The highest BCUT2D eigenvalue weighted by Crippen LogP contribution is 2.31. The van der Waals surface area contributed by atoms with Crippen LogP contribution in [-0.2, 0) is 10.5 Å². The number of nitro benzene ring substituents is 1. The largest absolute Gasteiger partial charge is 0.462 e. The summed E-state index contributed by atoms with van der Waals surface area (Å²) in [6.07, 6.45) is 0. The van der Waals surface area contributed by atoms with Crippen molar-refractivity contribution in [3.8, 4) is 0 Å². The predicted octanol–water partition coefficient (Wildman–Crippen LogP) is 4.06. The van der Waals surface area contributed by atoms with E-state index in [1.165, 1.54) is 17.8 Å². The number of carbonyl (C=O) groups excluding carboxylic acids is 1. The minimum absolute atomic E-state index is 0.0917. The van der Waals surface area contributed by atoms with Crippen LogP contribution in [-0.4, -0.2) is 17.5 Å². The quantitative estimate of drug-likeness (QED) is 0.348. The predicted molar refractivity (Wildman–Crippen MR) is 85.1 cm³/mol. The Morgan fingerprint density at radius 1 is 1.23 bits per heavy atom. The van der Waals surface area contributed by atoms with Crippen molar-refractivity contribution >= 4 is 23.4 Å². The molecule has 0 amide bonds. The molecular weight excluding hydrogens is 302 g/mol.